The molecule has 3 rings (SSSR count). The van der Waals surface area contributed by atoms with Gasteiger partial charge in [0.2, 0.25) is 0 Å². The number of carboxylic acids is 1. The first-order chi connectivity index (χ1) is 12.0. The third-order valence-electron chi connectivity index (χ3n) is 3.85. The predicted octanol–water partition coefficient (Wildman–Crippen LogP) is 4.77. The van der Waals surface area contributed by atoms with Crippen LogP contribution in [0.2, 0.25) is 0 Å². The van der Waals surface area contributed by atoms with E-state index in [1.165, 1.54) is 24.3 Å². The molecule has 0 aliphatic rings. The van der Waals surface area contributed by atoms with Crippen molar-refractivity contribution in [3.8, 4) is 22.6 Å². The molecule has 4 nitrogen and oxygen atoms in total. The molecule has 0 amide bonds. The Morgan fingerprint density at radius 1 is 0.960 bits per heavy atom. The van der Waals surface area contributed by atoms with Crippen LogP contribution in [0.5, 0.6) is 0 Å². The molecule has 0 aliphatic heterocycles. The van der Waals surface area contributed by atoms with Crippen molar-refractivity contribution in [2.24, 2.45) is 0 Å². The summed E-state index contributed by atoms with van der Waals surface area (Å²) < 4.78 is 13.3. The monoisotopic (exact) mass is 336 g/mol. The van der Waals surface area contributed by atoms with Crippen molar-refractivity contribution in [1.82, 2.24) is 9.97 Å². The Balaban J connectivity index is 2.31. The highest BCUT2D eigenvalue weighted by atomic mass is 19.1. The van der Waals surface area contributed by atoms with Crippen LogP contribution in [0.4, 0.5) is 4.39 Å². The van der Waals surface area contributed by atoms with Crippen LogP contribution in [0.3, 0.4) is 0 Å². The maximum atomic E-state index is 13.3. The number of halogens is 1. The molecular formula is C20H17FN2O2. The number of carbonyl (C=O) groups is 1. The molecule has 0 saturated heterocycles. The van der Waals surface area contributed by atoms with Crippen molar-refractivity contribution in [2.75, 3.05) is 0 Å². The van der Waals surface area contributed by atoms with Gasteiger partial charge in [-0.25, -0.2) is 19.2 Å². The molecule has 3 aromatic rings. The van der Waals surface area contributed by atoms with E-state index in [2.05, 4.69) is 9.97 Å². The number of aromatic carboxylic acids is 1. The lowest BCUT2D eigenvalue weighted by Crippen LogP contribution is -2.12. The molecule has 126 valence electrons. The summed E-state index contributed by atoms with van der Waals surface area (Å²) in [5.74, 6) is -1.13. The fraction of sp³-hybridized carbons (Fsp3) is 0.150. The first-order valence-corrected chi connectivity index (χ1v) is 7.94. The van der Waals surface area contributed by atoms with E-state index in [1.807, 2.05) is 44.2 Å². The second-order valence-corrected chi connectivity index (χ2v) is 5.99. The third kappa shape index (κ3) is 3.40. The SMILES string of the molecule is CC(C)c1nc(-c2ccccc2)nc(-c2ccc(F)cc2)c1C(=O)O. The molecular weight excluding hydrogens is 319 g/mol. The van der Waals surface area contributed by atoms with E-state index >= 15 is 0 Å². The van der Waals surface area contributed by atoms with Gasteiger partial charge in [-0.3, -0.25) is 0 Å². The Labute approximate surface area is 145 Å². The molecule has 0 saturated carbocycles. The summed E-state index contributed by atoms with van der Waals surface area (Å²) in [5, 5.41) is 9.72. The van der Waals surface area contributed by atoms with Gasteiger partial charge in [0, 0.05) is 11.1 Å². The normalized spacial score (nSPS) is 10.9. The zero-order chi connectivity index (χ0) is 18.0. The standard InChI is InChI=1S/C20H17FN2O2/c1-12(2)17-16(20(24)25)18(13-8-10-15(21)11-9-13)23-19(22-17)14-6-4-3-5-7-14/h3-12H,1-2H3,(H,24,25). The Morgan fingerprint density at radius 2 is 1.60 bits per heavy atom. The van der Waals surface area contributed by atoms with Gasteiger partial charge >= 0.3 is 5.97 Å². The number of hydrogen-bond donors (Lipinski definition) is 1. The predicted molar refractivity (Wildman–Crippen MR) is 93.9 cm³/mol. The largest absolute Gasteiger partial charge is 0.478 e. The van der Waals surface area contributed by atoms with Crippen LogP contribution < -0.4 is 0 Å². The Morgan fingerprint density at radius 3 is 2.16 bits per heavy atom. The average molecular weight is 336 g/mol. The van der Waals surface area contributed by atoms with Crippen molar-refractivity contribution in [2.45, 2.75) is 19.8 Å². The zero-order valence-corrected chi connectivity index (χ0v) is 13.9. The smallest absolute Gasteiger partial charge is 0.339 e. The molecule has 0 fully saturated rings. The molecule has 0 aliphatic carbocycles. The van der Waals surface area contributed by atoms with E-state index in [0.717, 1.165) is 5.56 Å². The minimum atomic E-state index is -1.09. The number of aromatic nitrogens is 2. The number of hydrogen-bond acceptors (Lipinski definition) is 3. The third-order valence-corrected chi connectivity index (χ3v) is 3.85. The van der Waals surface area contributed by atoms with E-state index in [1.54, 1.807) is 0 Å². The van der Waals surface area contributed by atoms with Gasteiger partial charge in [0.1, 0.15) is 11.4 Å². The van der Waals surface area contributed by atoms with Crippen molar-refractivity contribution in [1.29, 1.82) is 0 Å². The minimum Gasteiger partial charge on any atom is -0.478 e. The highest BCUT2D eigenvalue weighted by molar-refractivity contribution is 5.96. The van der Waals surface area contributed by atoms with Crippen LogP contribution in [-0.4, -0.2) is 21.0 Å². The summed E-state index contributed by atoms with van der Waals surface area (Å²) in [6.07, 6.45) is 0. The highest BCUT2D eigenvalue weighted by Crippen LogP contribution is 2.30. The second-order valence-electron chi connectivity index (χ2n) is 5.99. The molecule has 0 bridgehead atoms. The molecule has 2 aromatic carbocycles. The van der Waals surface area contributed by atoms with Crippen LogP contribution in [0, 0.1) is 5.82 Å². The number of carboxylic acid groups (broad SMARTS) is 1. The van der Waals surface area contributed by atoms with E-state index in [0.29, 0.717) is 22.8 Å². The van der Waals surface area contributed by atoms with E-state index < -0.39 is 5.97 Å². The molecule has 0 spiro atoms. The van der Waals surface area contributed by atoms with E-state index in [-0.39, 0.29) is 17.3 Å². The summed E-state index contributed by atoms with van der Waals surface area (Å²) in [6.45, 7) is 3.77. The topological polar surface area (TPSA) is 63.1 Å². The van der Waals surface area contributed by atoms with Crippen LogP contribution in [0.25, 0.3) is 22.6 Å². The number of nitrogens with zero attached hydrogens (tertiary/aromatic N) is 2. The molecule has 25 heavy (non-hydrogen) atoms. The Hall–Kier alpha value is -3.08. The quantitative estimate of drug-likeness (QED) is 0.745. The van der Waals surface area contributed by atoms with Gasteiger partial charge in [-0.15, -0.1) is 0 Å². The summed E-state index contributed by atoms with van der Waals surface area (Å²) in [7, 11) is 0. The maximum Gasteiger partial charge on any atom is 0.339 e. The molecule has 5 heteroatoms. The minimum absolute atomic E-state index is 0.0567. The van der Waals surface area contributed by atoms with Gasteiger partial charge in [0.25, 0.3) is 0 Å². The first kappa shape index (κ1) is 16.8. The Bertz CT molecular complexity index is 907. The summed E-state index contributed by atoms with van der Waals surface area (Å²) in [5.41, 5.74) is 2.15. The first-order valence-electron chi connectivity index (χ1n) is 7.94. The fourth-order valence-corrected chi connectivity index (χ4v) is 2.64. The molecule has 0 unspecified atom stereocenters. The molecule has 1 N–H and O–H groups in total. The Kier molecular flexibility index (Phi) is 4.57. The van der Waals surface area contributed by atoms with Gasteiger partial charge in [0.05, 0.1) is 11.4 Å². The lowest BCUT2D eigenvalue weighted by Gasteiger charge is -2.15. The van der Waals surface area contributed by atoms with Crippen molar-refractivity contribution >= 4 is 5.97 Å². The van der Waals surface area contributed by atoms with Gasteiger partial charge < -0.3 is 5.11 Å². The molecule has 0 radical (unpaired) electrons. The lowest BCUT2D eigenvalue weighted by atomic mass is 9.98. The van der Waals surface area contributed by atoms with E-state index in [9.17, 15) is 14.3 Å². The second kappa shape index (κ2) is 6.81. The summed E-state index contributed by atoms with van der Waals surface area (Å²) in [4.78, 5) is 20.9. The van der Waals surface area contributed by atoms with Crippen LogP contribution in [0.15, 0.2) is 54.6 Å². The molecule has 1 heterocycles. The lowest BCUT2D eigenvalue weighted by molar-refractivity contribution is 0.0695. The van der Waals surface area contributed by atoms with Gasteiger partial charge in [0.15, 0.2) is 5.82 Å². The number of benzene rings is 2. The zero-order valence-electron chi connectivity index (χ0n) is 13.9. The summed E-state index contributed by atoms with van der Waals surface area (Å²) in [6, 6.07) is 15.0. The molecule has 1 aromatic heterocycles. The number of rotatable bonds is 4. The van der Waals surface area contributed by atoms with Crippen molar-refractivity contribution in [3.05, 3.63) is 71.7 Å². The fourth-order valence-electron chi connectivity index (χ4n) is 2.64. The maximum absolute atomic E-state index is 13.3. The van der Waals surface area contributed by atoms with E-state index in [4.69, 9.17) is 0 Å². The van der Waals surface area contributed by atoms with Gasteiger partial charge in [-0.1, -0.05) is 44.2 Å². The van der Waals surface area contributed by atoms with Gasteiger partial charge in [-0.2, -0.15) is 0 Å². The summed E-state index contributed by atoms with van der Waals surface area (Å²) >= 11 is 0. The highest BCUT2D eigenvalue weighted by Gasteiger charge is 2.23. The van der Waals surface area contributed by atoms with Crippen LogP contribution in [-0.2, 0) is 0 Å². The van der Waals surface area contributed by atoms with Crippen molar-refractivity contribution in [3.63, 3.8) is 0 Å². The van der Waals surface area contributed by atoms with Crippen molar-refractivity contribution < 1.29 is 14.3 Å². The average Bonchev–Trinajstić information content (AvgIpc) is 2.61. The molecule has 0 atom stereocenters. The van der Waals surface area contributed by atoms with Gasteiger partial charge in [-0.05, 0) is 30.2 Å². The van der Waals surface area contributed by atoms with Crippen LogP contribution >= 0.6 is 0 Å². The van der Waals surface area contributed by atoms with Crippen LogP contribution in [0.1, 0.15) is 35.8 Å².